The van der Waals surface area contributed by atoms with Gasteiger partial charge in [0.25, 0.3) is 0 Å². The van der Waals surface area contributed by atoms with E-state index in [2.05, 4.69) is 0 Å². The van der Waals surface area contributed by atoms with Crippen molar-refractivity contribution < 1.29 is 9.90 Å². The topological polar surface area (TPSA) is 89.3 Å². The van der Waals surface area contributed by atoms with Crippen LogP contribution in [0.25, 0.3) is 11.1 Å². The summed E-state index contributed by atoms with van der Waals surface area (Å²) < 4.78 is 0. The number of carboxylic acids is 1. The summed E-state index contributed by atoms with van der Waals surface area (Å²) >= 11 is 0. The molecule has 0 spiro atoms. The quantitative estimate of drug-likeness (QED) is 0.687. The monoisotopic (exact) mass is 228 g/mol. The normalized spacial score (nSPS) is 10.1. The van der Waals surface area contributed by atoms with Gasteiger partial charge in [-0.25, -0.2) is 4.79 Å². The maximum atomic E-state index is 11.1. The molecule has 0 heterocycles. The fourth-order valence-corrected chi connectivity index (χ4v) is 1.74. The molecule has 0 fully saturated rings. The molecule has 0 atom stereocenters. The van der Waals surface area contributed by atoms with Crippen molar-refractivity contribution in [3.8, 4) is 11.1 Å². The molecule has 0 unspecified atom stereocenters. The first-order chi connectivity index (χ1) is 8.11. The molecule has 0 bridgehead atoms. The van der Waals surface area contributed by atoms with Gasteiger partial charge in [0, 0.05) is 11.3 Å². The molecule has 4 heteroatoms. The molecule has 0 saturated heterocycles. The zero-order valence-corrected chi connectivity index (χ0v) is 9.05. The Balaban J connectivity index is 2.66. The van der Waals surface area contributed by atoms with Gasteiger partial charge in [-0.3, -0.25) is 0 Å². The number of carbonyl (C=O) groups is 1. The highest BCUT2D eigenvalue weighted by molar-refractivity contribution is 6.03. The highest BCUT2D eigenvalue weighted by atomic mass is 16.4. The summed E-state index contributed by atoms with van der Waals surface area (Å²) in [5.41, 5.74) is 13.3. The number of benzene rings is 2. The lowest BCUT2D eigenvalue weighted by molar-refractivity contribution is 0.0699. The Morgan fingerprint density at radius 1 is 1.00 bits per heavy atom. The number of nitrogens with two attached hydrogens (primary N) is 2. The smallest absolute Gasteiger partial charge is 0.339 e. The van der Waals surface area contributed by atoms with Crippen LogP contribution in [0.3, 0.4) is 0 Å². The number of hydrogen-bond acceptors (Lipinski definition) is 3. The summed E-state index contributed by atoms with van der Waals surface area (Å²) in [7, 11) is 0. The fourth-order valence-electron chi connectivity index (χ4n) is 1.74. The number of hydrogen-bond donors (Lipinski definition) is 3. The Labute approximate surface area is 98.5 Å². The highest BCUT2D eigenvalue weighted by Gasteiger charge is 2.15. The molecule has 17 heavy (non-hydrogen) atoms. The molecule has 2 aromatic rings. The molecule has 0 amide bonds. The third kappa shape index (κ3) is 1.92. The van der Waals surface area contributed by atoms with Crippen molar-refractivity contribution in [2.75, 3.05) is 11.5 Å². The summed E-state index contributed by atoms with van der Waals surface area (Å²) in [6.45, 7) is 0. The number of nitrogen functional groups attached to an aromatic ring is 2. The third-order valence-electron chi connectivity index (χ3n) is 2.58. The van der Waals surface area contributed by atoms with Crippen LogP contribution in [0, 0.1) is 0 Å². The average molecular weight is 228 g/mol. The van der Waals surface area contributed by atoms with E-state index in [1.807, 2.05) is 30.3 Å². The predicted octanol–water partition coefficient (Wildman–Crippen LogP) is 2.22. The molecule has 86 valence electrons. The van der Waals surface area contributed by atoms with Crippen LogP contribution in [-0.2, 0) is 0 Å². The van der Waals surface area contributed by atoms with E-state index >= 15 is 0 Å². The molecule has 2 rings (SSSR count). The van der Waals surface area contributed by atoms with Crippen molar-refractivity contribution in [2.45, 2.75) is 0 Å². The minimum absolute atomic E-state index is 0.0358. The molecular formula is C13H12N2O2. The zero-order chi connectivity index (χ0) is 12.4. The second-order valence-corrected chi connectivity index (χ2v) is 3.66. The Morgan fingerprint density at radius 3 is 2.24 bits per heavy atom. The van der Waals surface area contributed by atoms with Gasteiger partial charge in [0.05, 0.1) is 5.69 Å². The van der Waals surface area contributed by atoms with E-state index in [4.69, 9.17) is 16.6 Å². The van der Waals surface area contributed by atoms with Crippen LogP contribution in [0.2, 0.25) is 0 Å². The maximum Gasteiger partial charge on any atom is 0.339 e. The molecule has 2 aromatic carbocycles. The Morgan fingerprint density at radius 2 is 1.65 bits per heavy atom. The van der Waals surface area contributed by atoms with E-state index in [-0.39, 0.29) is 16.9 Å². The summed E-state index contributed by atoms with van der Waals surface area (Å²) in [4.78, 5) is 11.1. The SMILES string of the molecule is Nc1ccc(-c2ccccc2)c(N)c1C(=O)O. The van der Waals surface area contributed by atoms with Crippen molar-refractivity contribution >= 4 is 17.3 Å². The lowest BCUT2D eigenvalue weighted by atomic mass is 9.99. The summed E-state index contributed by atoms with van der Waals surface area (Å²) in [5, 5.41) is 9.06. The molecule has 4 nitrogen and oxygen atoms in total. The number of rotatable bonds is 2. The number of anilines is 2. The van der Waals surface area contributed by atoms with Gasteiger partial charge >= 0.3 is 5.97 Å². The van der Waals surface area contributed by atoms with Gasteiger partial charge in [-0.2, -0.15) is 0 Å². The van der Waals surface area contributed by atoms with Gasteiger partial charge in [0.2, 0.25) is 0 Å². The highest BCUT2D eigenvalue weighted by Crippen LogP contribution is 2.31. The van der Waals surface area contributed by atoms with E-state index in [9.17, 15) is 4.79 Å². The minimum Gasteiger partial charge on any atom is -0.478 e. The second kappa shape index (κ2) is 4.17. The van der Waals surface area contributed by atoms with Crippen molar-refractivity contribution in [2.24, 2.45) is 0 Å². The number of carboxylic acid groups (broad SMARTS) is 1. The van der Waals surface area contributed by atoms with Gasteiger partial charge < -0.3 is 16.6 Å². The molecule has 0 aliphatic carbocycles. The van der Waals surface area contributed by atoms with E-state index in [1.165, 1.54) is 0 Å². The molecule has 5 N–H and O–H groups in total. The average Bonchev–Trinajstić information content (AvgIpc) is 2.30. The van der Waals surface area contributed by atoms with E-state index in [0.717, 1.165) is 5.56 Å². The molecule has 0 aliphatic rings. The first kappa shape index (κ1) is 11.0. The molecule has 0 aliphatic heterocycles. The van der Waals surface area contributed by atoms with Gasteiger partial charge in [0.1, 0.15) is 5.56 Å². The summed E-state index contributed by atoms with van der Waals surface area (Å²) in [5.74, 6) is -1.11. The largest absolute Gasteiger partial charge is 0.478 e. The van der Waals surface area contributed by atoms with Gasteiger partial charge in [-0.1, -0.05) is 36.4 Å². The molecule has 0 aromatic heterocycles. The van der Waals surface area contributed by atoms with E-state index < -0.39 is 5.97 Å². The predicted molar refractivity (Wildman–Crippen MR) is 67.7 cm³/mol. The molecule has 0 radical (unpaired) electrons. The van der Waals surface area contributed by atoms with Crippen LogP contribution in [0.15, 0.2) is 42.5 Å². The summed E-state index contributed by atoms with van der Waals surface area (Å²) in [6, 6.07) is 12.6. The van der Waals surface area contributed by atoms with Crippen LogP contribution in [0.1, 0.15) is 10.4 Å². The van der Waals surface area contributed by atoms with E-state index in [0.29, 0.717) is 5.56 Å². The van der Waals surface area contributed by atoms with Crippen molar-refractivity contribution in [1.82, 2.24) is 0 Å². The van der Waals surface area contributed by atoms with E-state index in [1.54, 1.807) is 12.1 Å². The number of aromatic carboxylic acids is 1. The zero-order valence-electron chi connectivity index (χ0n) is 9.05. The minimum atomic E-state index is -1.11. The Hall–Kier alpha value is -2.49. The Kier molecular flexibility index (Phi) is 2.70. The lowest BCUT2D eigenvalue weighted by Crippen LogP contribution is -2.08. The van der Waals surface area contributed by atoms with Crippen molar-refractivity contribution in [1.29, 1.82) is 0 Å². The summed E-state index contributed by atoms with van der Waals surface area (Å²) in [6.07, 6.45) is 0. The third-order valence-corrected chi connectivity index (χ3v) is 2.58. The lowest BCUT2D eigenvalue weighted by Gasteiger charge is -2.10. The first-order valence-electron chi connectivity index (χ1n) is 5.08. The molecular weight excluding hydrogens is 216 g/mol. The molecule has 0 saturated carbocycles. The van der Waals surface area contributed by atoms with Crippen molar-refractivity contribution in [3.63, 3.8) is 0 Å². The van der Waals surface area contributed by atoms with Gasteiger partial charge in [-0.05, 0) is 11.6 Å². The van der Waals surface area contributed by atoms with Crippen LogP contribution >= 0.6 is 0 Å². The van der Waals surface area contributed by atoms with Crippen LogP contribution in [0.5, 0.6) is 0 Å². The van der Waals surface area contributed by atoms with Crippen molar-refractivity contribution in [3.05, 3.63) is 48.0 Å². The van der Waals surface area contributed by atoms with Gasteiger partial charge in [0.15, 0.2) is 0 Å². The van der Waals surface area contributed by atoms with Crippen LogP contribution in [-0.4, -0.2) is 11.1 Å². The standard InChI is InChI=1S/C13H12N2O2/c14-10-7-6-9(8-4-2-1-3-5-8)12(15)11(10)13(16)17/h1-7H,14-15H2,(H,16,17). The first-order valence-corrected chi connectivity index (χ1v) is 5.08. The van der Waals surface area contributed by atoms with Gasteiger partial charge in [-0.15, -0.1) is 0 Å². The second-order valence-electron chi connectivity index (χ2n) is 3.66. The Bertz CT molecular complexity index is 565. The maximum absolute atomic E-state index is 11.1. The fraction of sp³-hybridized carbons (Fsp3) is 0. The van der Waals surface area contributed by atoms with Crippen LogP contribution in [0.4, 0.5) is 11.4 Å². The van der Waals surface area contributed by atoms with Crippen LogP contribution < -0.4 is 11.5 Å².